The fraction of sp³-hybridized carbons (Fsp3) is 0.312. The summed E-state index contributed by atoms with van der Waals surface area (Å²) in [7, 11) is 1.99. The Labute approximate surface area is 239 Å². The van der Waals surface area contributed by atoms with Crippen LogP contribution in [0.4, 0.5) is 0 Å². The van der Waals surface area contributed by atoms with Gasteiger partial charge in [-0.2, -0.15) is 0 Å². The minimum atomic E-state index is -0.533. The number of rotatable bonds is 9. The molecule has 0 aliphatic carbocycles. The van der Waals surface area contributed by atoms with Crippen molar-refractivity contribution in [2.75, 3.05) is 5.75 Å². The van der Waals surface area contributed by atoms with Crippen molar-refractivity contribution in [3.63, 3.8) is 0 Å². The van der Waals surface area contributed by atoms with Crippen molar-refractivity contribution in [3.05, 3.63) is 107 Å². The molecule has 0 saturated carbocycles. The van der Waals surface area contributed by atoms with Crippen LogP contribution >= 0.6 is 11.8 Å². The number of ether oxygens (including phenoxy) is 2. The molecule has 1 aliphatic rings. The average Bonchev–Trinajstić information content (AvgIpc) is 3.40. The third-order valence-electron chi connectivity index (χ3n) is 7.32. The van der Waals surface area contributed by atoms with E-state index in [1.807, 2.05) is 60.3 Å². The first-order valence-electron chi connectivity index (χ1n) is 13.5. The Morgan fingerprint density at radius 1 is 1.02 bits per heavy atom. The van der Waals surface area contributed by atoms with Gasteiger partial charge >= 0.3 is 0 Å². The standard InChI is InChI=1S/C32H35N3O4S/c1-21-29(20-40-32-33-16-17-35(32)3)38-31(39-30(21)25-10-8-23(19-36)9-11-25)26-14-12-24(13-15-26)28-7-5-4-6-27(28)18-34-22(2)37/h4-17,21,29-31,36H,18-20H2,1-3H3,(H,34,37)/t21-,29+,30+,31+/m1/s1. The number of hydrogen-bond acceptors (Lipinski definition) is 6. The highest BCUT2D eigenvalue weighted by Gasteiger charge is 2.38. The number of imidazole rings is 1. The van der Waals surface area contributed by atoms with E-state index in [1.54, 1.807) is 18.0 Å². The van der Waals surface area contributed by atoms with Crippen LogP contribution in [-0.2, 0) is 34.5 Å². The van der Waals surface area contributed by atoms with Gasteiger partial charge in [-0.05, 0) is 27.8 Å². The molecule has 3 aromatic carbocycles. The first-order chi connectivity index (χ1) is 19.4. The molecule has 1 aliphatic heterocycles. The molecular formula is C32H35N3O4S. The number of amides is 1. The fourth-order valence-corrected chi connectivity index (χ4v) is 6.05. The number of aliphatic hydroxyl groups excluding tert-OH is 1. The summed E-state index contributed by atoms with van der Waals surface area (Å²) in [6, 6.07) is 24.3. The van der Waals surface area contributed by atoms with Crippen LogP contribution in [-0.4, -0.2) is 32.4 Å². The zero-order chi connectivity index (χ0) is 28.1. The topological polar surface area (TPSA) is 85.6 Å². The summed E-state index contributed by atoms with van der Waals surface area (Å²) in [5.74, 6) is 0.789. The number of aliphatic hydroxyl groups is 1. The summed E-state index contributed by atoms with van der Waals surface area (Å²) >= 11 is 1.68. The molecule has 0 spiro atoms. The summed E-state index contributed by atoms with van der Waals surface area (Å²) < 4.78 is 15.2. The van der Waals surface area contributed by atoms with Crippen molar-refractivity contribution < 1.29 is 19.4 Å². The first-order valence-corrected chi connectivity index (χ1v) is 14.4. The largest absolute Gasteiger partial charge is 0.392 e. The number of thioether (sulfide) groups is 1. The lowest BCUT2D eigenvalue weighted by Crippen LogP contribution is -2.38. The van der Waals surface area contributed by atoms with Crippen LogP contribution in [0.15, 0.2) is 90.3 Å². The van der Waals surface area contributed by atoms with Gasteiger partial charge in [-0.3, -0.25) is 4.79 Å². The van der Waals surface area contributed by atoms with E-state index < -0.39 is 6.29 Å². The molecule has 0 unspecified atom stereocenters. The number of aromatic nitrogens is 2. The molecule has 2 N–H and O–H groups in total. The molecule has 5 rings (SSSR count). The highest BCUT2D eigenvalue weighted by atomic mass is 32.2. The molecule has 1 amide bonds. The quantitative estimate of drug-likeness (QED) is 0.253. The molecule has 2 heterocycles. The molecule has 7 nitrogen and oxygen atoms in total. The summed E-state index contributed by atoms with van der Waals surface area (Å²) in [5.41, 5.74) is 6.07. The normalized spacial score (nSPS) is 20.8. The van der Waals surface area contributed by atoms with Crippen LogP contribution in [0.2, 0.25) is 0 Å². The van der Waals surface area contributed by atoms with Crippen molar-refractivity contribution in [3.8, 4) is 11.1 Å². The van der Waals surface area contributed by atoms with E-state index in [4.69, 9.17) is 9.47 Å². The van der Waals surface area contributed by atoms with Crippen LogP contribution in [0.5, 0.6) is 0 Å². The predicted octanol–water partition coefficient (Wildman–Crippen LogP) is 5.80. The molecule has 1 fully saturated rings. The average molecular weight is 558 g/mol. The van der Waals surface area contributed by atoms with E-state index in [9.17, 15) is 9.90 Å². The van der Waals surface area contributed by atoms with E-state index in [-0.39, 0.29) is 30.6 Å². The fourth-order valence-electron chi connectivity index (χ4n) is 4.95. The number of benzene rings is 3. The van der Waals surface area contributed by atoms with E-state index in [0.717, 1.165) is 44.3 Å². The van der Waals surface area contributed by atoms with Crippen LogP contribution in [0.3, 0.4) is 0 Å². The van der Waals surface area contributed by atoms with E-state index in [2.05, 4.69) is 47.6 Å². The van der Waals surface area contributed by atoms with Gasteiger partial charge in [0, 0.05) is 50.1 Å². The van der Waals surface area contributed by atoms with Gasteiger partial charge in [0.15, 0.2) is 11.4 Å². The number of nitrogens with zero attached hydrogens (tertiary/aromatic N) is 2. The lowest BCUT2D eigenvalue weighted by Gasteiger charge is -2.41. The smallest absolute Gasteiger partial charge is 0.217 e. The number of hydrogen-bond donors (Lipinski definition) is 2. The molecule has 0 radical (unpaired) electrons. The minimum Gasteiger partial charge on any atom is -0.392 e. The molecule has 4 atom stereocenters. The molecule has 1 saturated heterocycles. The Balaban J connectivity index is 1.39. The van der Waals surface area contributed by atoms with Gasteiger partial charge in [-0.15, -0.1) is 0 Å². The minimum absolute atomic E-state index is 0.0102. The third kappa shape index (κ3) is 6.47. The van der Waals surface area contributed by atoms with Crippen molar-refractivity contribution in [2.45, 2.75) is 50.7 Å². The van der Waals surface area contributed by atoms with Crippen molar-refractivity contribution in [2.24, 2.45) is 13.0 Å². The van der Waals surface area contributed by atoms with Gasteiger partial charge in [0.1, 0.15) is 0 Å². The zero-order valence-electron chi connectivity index (χ0n) is 23.0. The second kappa shape index (κ2) is 12.8. The first kappa shape index (κ1) is 28.1. The molecule has 4 aromatic rings. The molecule has 1 aromatic heterocycles. The molecule has 208 valence electrons. The maximum absolute atomic E-state index is 11.5. The van der Waals surface area contributed by atoms with Gasteiger partial charge in [0.05, 0.1) is 18.8 Å². The zero-order valence-corrected chi connectivity index (χ0v) is 23.8. The van der Waals surface area contributed by atoms with Crippen LogP contribution in [0.25, 0.3) is 11.1 Å². The summed E-state index contributed by atoms with van der Waals surface area (Å²) in [6.07, 6.45) is 2.98. The SMILES string of the molecule is CC(=O)NCc1ccccc1-c1ccc([C@H]2O[C@@H](CSc3nccn3C)[C@@H](C)[C@@H](c3ccc(CO)cc3)O2)cc1. The monoisotopic (exact) mass is 557 g/mol. The van der Waals surface area contributed by atoms with E-state index in [0.29, 0.717) is 6.54 Å². The van der Waals surface area contributed by atoms with Gasteiger partial charge in [0.25, 0.3) is 0 Å². The second-order valence-corrected chi connectivity index (χ2v) is 11.1. The maximum Gasteiger partial charge on any atom is 0.217 e. The van der Waals surface area contributed by atoms with Crippen LogP contribution < -0.4 is 5.32 Å². The lowest BCUT2D eigenvalue weighted by molar-refractivity contribution is -0.268. The van der Waals surface area contributed by atoms with Gasteiger partial charge < -0.3 is 24.5 Å². The Hall–Kier alpha value is -3.43. The van der Waals surface area contributed by atoms with Crippen LogP contribution in [0.1, 0.15) is 48.5 Å². The third-order valence-corrected chi connectivity index (χ3v) is 8.46. The highest BCUT2D eigenvalue weighted by Crippen LogP contribution is 2.43. The van der Waals surface area contributed by atoms with Gasteiger partial charge in [-0.1, -0.05) is 91.5 Å². The second-order valence-electron chi connectivity index (χ2n) is 10.1. The molecular weight excluding hydrogens is 522 g/mol. The number of carbonyl (C=O) groups excluding carboxylic acids is 1. The Kier molecular flexibility index (Phi) is 9.01. The Morgan fingerprint density at radius 2 is 1.75 bits per heavy atom. The maximum atomic E-state index is 11.5. The van der Waals surface area contributed by atoms with Crippen molar-refractivity contribution >= 4 is 17.7 Å². The van der Waals surface area contributed by atoms with E-state index in [1.165, 1.54) is 6.92 Å². The van der Waals surface area contributed by atoms with E-state index >= 15 is 0 Å². The molecule has 8 heteroatoms. The van der Waals surface area contributed by atoms with Gasteiger partial charge in [-0.25, -0.2) is 4.98 Å². The summed E-state index contributed by atoms with van der Waals surface area (Å²) in [6.45, 7) is 4.18. The van der Waals surface area contributed by atoms with Crippen molar-refractivity contribution in [1.82, 2.24) is 14.9 Å². The lowest BCUT2D eigenvalue weighted by atomic mass is 9.91. The highest BCUT2D eigenvalue weighted by molar-refractivity contribution is 7.99. The number of carbonyl (C=O) groups is 1. The number of nitrogens with one attached hydrogen (secondary N) is 1. The van der Waals surface area contributed by atoms with Crippen molar-refractivity contribution in [1.29, 1.82) is 0 Å². The summed E-state index contributed by atoms with van der Waals surface area (Å²) in [5, 5.41) is 13.3. The van der Waals surface area contributed by atoms with Crippen LogP contribution in [0, 0.1) is 5.92 Å². The molecule has 0 bridgehead atoms. The van der Waals surface area contributed by atoms with Gasteiger partial charge in [0.2, 0.25) is 5.91 Å². The summed E-state index contributed by atoms with van der Waals surface area (Å²) in [4.78, 5) is 15.9. The predicted molar refractivity (Wildman–Crippen MR) is 156 cm³/mol. The Bertz CT molecular complexity index is 1420. The molecule has 40 heavy (non-hydrogen) atoms. The number of aryl methyl sites for hydroxylation is 1. The Morgan fingerprint density at radius 3 is 2.42 bits per heavy atom.